The van der Waals surface area contributed by atoms with Crippen molar-refractivity contribution in [3.8, 4) is 0 Å². The number of likely N-dealkylation sites (tertiary alicyclic amines) is 1. The van der Waals surface area contributed by atoms with Gasteiger partial charge in [0.2, 0.25) is 0 Å². The van der Waals surface area contributed by atoms with Gasteiger partial charge in [-0.2, -0.15) is 0 Å². The number of hydrogen-bond donors (Lipinski definition) is 1. The summed E-state index contributed by atoms with van der Waals surface area (Å²) >= 11 is 0. The van der Waals surface area contributed by atoms with Crippen LogP contribution in [0.5, 0.6) is 0 Å². The molecular formula is C19H17NO3. The fraction of sp³-hybridized carbons (Fsp3) is 0.158. The number of nitrogens with zero attached hydrogens (tertiary/aromatic N) is 1. The van der Waals surface area contributed by atoms with E-state index in [2.05, 4.69) is 0 Å². The zero-order chi connectivity index (χ0) is 16.6. The minimum absolute atomic E-state index is 0.132. The first-order valence-electron chi connectivity index (χ1n) is 7.37. The number of carbonyl (C=O) groups excluding carboxylic acids is 2. The van der Waals surface area contributed by atoms with Gasteiger partial charge in [0.05, 0.1) is 11.6 Å². The molecule has 0 saturated carbocycles. The number of benzene rings is 2. The van der Waals surface area contributed by atoms with Crippen LogP contribution in [0.2, 0.25) is 0 Å². The quantitative estimate of drug-likeness (QED) is 0.527. The molecule has 0 unspecified atom stereocenters. The van der Waals surface area contributed by atoms with Gasteiger partial charge in [-0.3, -0.25) is 9.59 Å². The highest BCUT2D eigenvalue weighted by atomic mass is 16.3. The molecule has 2 aromatic carbocycles. The van der Waals surface area contributed by atoms with Crippen molar-refractivity contribution in [2.45, 2.75) is 13.0 Å². The molecule has 1 aliphatic heterocycles. The van der Waals surface area contributed by atoms with E-state index in [1.54, 1.807) is 19.2 Å². The molecule has 1 aliphatic rings. The highest BCUT2D eigenvalue weighted by Gasteiger charge is 2.44. The summed E-state index contributed by atoms with van der Waals surface area (Å²) < 4.78 is 0. The Morgan fingerprint density at radius 1 is 1.00 bits per heavy atom. The number of aliphatic hydroxyl groups excluding tert-OH is 1. The maximum atomic E-state index is 12.4. The van der Waals surface area contributed by atoms with Crippen molar-refractivity contribution in [1.29, 1.82) is 0 Å². The lowest BCUT2D eigenvalue weighted by Gasteiger charge is -2.20. The molecule has 23 heavy (non-hydrogen) atoms. The summed E-state index contributed by atoms with van der Waals surface area (Å²) in [6.07, 6.45) is 0. The Bertz CT molecular complexity index is 791. The Morgan fingerprint density at radius 2 is 1.61 bits per heavy atom. The van der Waals surface area contributed by atoms with Crippen LogP contribution in [-0.2, 0) is 9.59 Å². The van der Waals surface area contributed by atoms with Crippen LogP contribution in [0.3, 0.4) is 0 Å². The summed E-state index contributed by atoms with van der Waals surface area (Å²) in [4.78, 5) is 25.9. The maximum Gasteiger partial charge on any atom is 0.295 e. The highest BCUT2D eigenvalue weighted by Crippen LogP contribution is 2.38. The number of hydrogen-bond acceptors (Lipinski definition) is 3. The molecule has 0 aromatic heterocycles. The lowest BCUT2D eigenvalue weighted by Crippen LogP contribution is -2.24. The second-order valence-electron chi connectivity index (χ2n) is 5.69. The van der Waals surface area contributed by atoms with Gasteiger partial charge in [0.1, 0.15) is 5.76 Å². The standard InChI is InChI=1S/C19H17NO3/c1-12-8-10-14(11-9-12)17(21)15-16(13-6-4-3-5-7-13)20(2)19(23)18(15)22/h3-11,16,21H,1-2H3/b17-15+/t16-/m0/s1. The molecule has 0 bridgehead atoms. The smallest absolute Gasteiger partial charge is 0.295 e. The first-order valence-corrected chi connectivity index (χ1v) is 7.37. The summed E-state index contributed by atoms with van der Waals surface area (Å²) in [5.74, 6) is -1.39. The molecule has 1 fully saturated rings. The molecule has 0 radical (unpaired) electrons. The molecule has 1 heterocycles. The monoisotopic (exact) mass is 307 g/mol. The van der Waals surface area contributed by atoms with Gasteiger partial charge in [-0.25, -0.2) is 0 Å². The second kappa shape index (κ2) is 5.72. The molecule has 1 saturated heterocycles. The third kappa shape index (κ3) is 2.52. The van der Waals surface area contributed by atoms with Crippen LogP contribution < -0.4 is 0 Å². The van der Waals surface area contributed by atoms with E-state index in [1.807, 2.05) is 49.4 Å². The summed E-state index contributed by atoms with van der Waals surface area (Å²) in [5, 5.41) is 10.6. The van der Waals surface area contributed by atoms with Crippen LogP contribution in [0.4, 0.5) is 0 Å². The van der Waals surface area contributed by atoms with Gasteiger partial charge < -0.3 is 10.0 Å². The summed E-state index contributed by atoms with van der Waals surface area (Å²) in [7, 11) is 1.58. The van der Waals surface area contributed by atoms with E-state index in [4.69, 9.17) is 0 Å². The van der Waals surface area contributed by atoms with Gasteiger partial charge in [0, 0.05) is 12.6 Å². The molecule has 1 amide bonds. The number of amides is 1. The number of likely N-dealkylation sites (N-methyl/N-ethyl adjacent to an activating group) is 1. The van der Waals surface area contributed by atoms with E-state index in [9.17, 15) is 14.7 Å². The molecule has 0 aliphatic carbocycles. The van der Waals surface area contributed by atoms with Gasteiger partial charge >= 0.3 is 0 Å². The van der Waals surface area contributed by atoms with Crippen LogP contribution in [0.15, 0.2) is 60.2 Å². The van der Waals surface area contributed by atoms with Gasteiger partial charge in [0.25, 0.3) is 11.7 Å². The first-order chi connectivity index (χ1) is 11.0. The minimum atomic E-state index is -0.653. The van der Waals surface area contributed by atoms with Crippen molar-refractivity contribution >= 4 is 17.4 Å². The number of carbonyl (C=O) groups is 2. The highest BCUT2D eigenvalue weighted by molar-refractivity contribution is 6.46. The van der Waals surface area contributed by atoms with E-state index in [0.29, 0.717) is 5.56 Å². The first kappa shape index (κ1) is 15.0. The molecule has 2 aromatic rings. The van der Waals surface area contributed by atoms with E-state index in [1.165, 1.54) is 4.90 Å². The summed E-state index contributed by atoms with van der Waals surface area (Å²) in [6, 6.07) is 15.9. The zero-order valence-corrected chi connectivity index (χ0v) is 13.0. The zero-order valence-electron chi connectivity index (χ0n) is 13.0. The average Bonchev–Trinajstić information content (AvgIpc) is 2.80. The third-order valence-electron chi connectivity index (χ3n) is 4.12. The molecule has 116 valence electrons. The van der Waals surface area contributed by atoms with Crippen molar-refractivity contribution in [2.75, 3.05) is 7.05 Å². The Labute approximate surface area is 134 Å². The Balaban J connectivity index is 2.17. The number of aliphatic hydroxyl groups is 1. The Hall–Kier alpha value is -2.88. The lowest BCUT2D eigenvalue weighted by molar-refractivity contribution is -0.139. The number of aryl methyl sites for hydroxylation is 1. The largest absolute Gasteiger partial charge is 0.507 e. The summed E-state index contributed by atoms with van der Waals surface area (Å²) in [6.45, 7) is 1.94. The second-order valence-corrected chi connectivity index (χ2v) is 5.69. The predicted molar refractivity (Wildman–Crippen MR) is 87.7 cm³/mol. The molecule has 1 N–H and O–H groups in total. The number of rotatable bonds is 2. The predicted octanol–water partition coefficient (Wildman–Crippen LogP) is 3.05. The SMILES string of the molecule is Cc1ccc(/C(O)=C2\C(=O)C(=O)N(C)[C@H]2c2ccccc2)cc1. The van der Waals surface area contributed by atoms with Crippen LogP contribution in [0.1, 0.15) is 22.7 Å². The Morgan fingerprint density at radius 3 is 2.22 bits per heavy atom. The van der Waals surface area contributed by atoms with E-state index in [0.717, 1.165) is 11.1 Å². The van der Waals surface area contributed by atoms with Crippen LogP contribution in [0.25, 0.3) is 5.76 Å². The average molecular weight is 307 g/mol. The van der Waals surface area contributed by atoms with Crippen molar-refractivity contribution in [3.63, 3.8) is 0 Å². The van der Waals surface area contributed by atoms with E-state index >= 15 is 0 Å². The normalized spacial score (nSPS) is 20.1. The van der Waals surface area contributed by atoms with E-state index in [-0.39, 0.29) is 11.3 Å². The van der Waals surface area contributed by atoms with Gasteiger partial charge in [-0.05, 0) is 12.5 Å². The molecule has 4 nitrogen and oxygen atoms in total. The Kier molecular flexibility index (Phi) is 3.74. The fourth-order valence-corrected chi connectivity index (χ4v) is 2.84. The molecular weight excluding hydrogens is 290 g/mol. The number of ketones is 1. The third-order valence-corrected chi connectivity index (χ3v) is 4.12. The van der Waals surface area contributed by atoms with Crippen molar-refractivity contribution < 1.29 is 14.7 Å². The van der Waals surface area contributed by atoms with Gasteiger partial charge in [0.15, 0.2) is 0 Å². The maximum absolute atomic E-state index is 12.4. The molecule has 3 rings (SSSR count). The molecule has 0 spiro atoms. The van der Waals surface area contributed by atoms with Gasteiger partial charge in [-0.1, -0.05) is 60.2 Å². The van der Waals surface area contributed by atoms with Crippen LogP contribution in [-0.4, -0.2) is 28.7 Å². The van der Waals surface area contributed by atoms with Gasteiger partial charge in [-0.15, -0.1) is 0 Å². The van der Waals surface area contributed by atoms with Crippen LogP contribution >= 0.6 is 0 Å². The fourth-order valence-electron chi connectivity index (χ4n) is 2.84. The molecule has 1 atom stereocenters. The topological polar surface area (TPSA) is 57.6 Å². The minimum Gasteiger partial charge on any atom is -0.507 e. The van der Waals surface area contributed by atoms with E-state index < -0.39 is 17.7 Å². The summed E-state index contributed by atoms with van der Waals surface area (Å²) in [5.41, 5.74) is 2.51. The lowest BCUT2D eigenvalue weighted by atomic mass is 9.95. The van der Waals surface area contributed by atoms with Crippen LogP contribution in [0, 0.1) is 6.92 Å². The van der Waals surface area contributed by atoms with Crippen molar-refractivity contribution in [3.05, 3.63) is 76.9 Å². The van der Waals surface area contributed by atoms with Crippen molar-refractivity contribution in [1.82, 2.24) is 4.90 Å². The molecule has 4 heteroatoms. The van der Waals surface area contributed by atoms with Crippen molar-refractivity contribution in [2.24, 2.45) is 0 Å². The number of Topliss-reactive ketones (excluding diaryl/α,β-unsaturated/α-hetero) is 1.